The lowest BCUT2D eigenvalue weighted by Gasteiger charge is -2.21. The van der Waals surface area contributed by atoms with Gasteiger partial charge < -0.3 is 20.1 Å². The molecule has 0 bridgehead atoms. The summed E-state index contributed by atoms with van der Waals surface area (Å²) in [4.78, 5) is 12.2. The van der Waals surface area contributed by atoms with Crippen LogP contribution in [0.5, 0.6) is 5.75 Å². The van der Waals surface area contributed by atoms with Crippen molar-refractivity contribution in [3.05, 3.63) is 48.5 Å². The number of hydrogen-bond acceptors (Lipinski definition) is 4. The van der Waals surface area contributed by atoms with Crippen LogP contribution >= 0.6 is 0 Å². The summed E-state index contributed by atoms with van der Waals surface area (Å²) < 4.78 is 10.7. The largest absolute Gasteiger partial charge is 0.494 e. The molecule has 0 unspecified atom stereocenters. The van der Waals surface area contributed by atoms with E-state index in [1.165, 1.54) is 0 Å². The van der Waals surface area contributed by atoms with Gasteiger partial charge >= 0.3 is 0 Å². The second kappa shape index (κ2) is 8.53. The molecule has 1 fully saturated rings. The molecule has 1 aliphatic heterocycles. The van der Waals surface area contributed by atoms with E-state index in [0.717, 1.165) is 35.7 Å². The highest BCUT2D eigenvalue weighted by atomic mass is 16.5. The fourth-order valence-corrected chi connectivity index (χ4v) is 2.81. The number of anilines is 3. The van der Waals surface area contributed by atoms with Crippen molar-refractivity contribution >= 4 is 23.0 Å². The molecule has 2 aromatic rings. The van der Waals surface area contributed by atoms with Crippen LogP contribution < -0.4 is 15.4 Å². The Kier molecular flexibility index (Phi) is 5.90. The molecule has 0 atom stereocenters. The zero-order chi connectivity index (χ0) is 17.5. The maximum Gasteiger partial charge on any atom is 0.227 e. The lowest BCUT2D eigenvalue weighted by molar-refractivity contribution is -0.122. The molecule has 3 rings (SSSR count). The second-order valence-corrected chi connectivity index (χ2v) is 6.04. The quantitative estimate of drug-likeness (QED) is 0.828. The molecule has 5 nitrogen and oxygen atoms in total. The Bertz CT molecular complexity index is 677. The van der Waals surface area contributed by atoms with Crippen molar-refractivity contribution in [3.8, 4) is 5.75 Å². The van der Waals surface area contributed by atoms with Gasteiger partial charge in [0.2, 0.25) is 5.91 Å². The van der Waals surface area contributed by atoms with Crippen LogP contribution in [0.3, 0.4) is 0 Å². The van der Waals surface area contributed by atoms with Gasteiger partial charge in [0.15, 0.2) is 0 Å². The molecule has 1 heterocycles. The van der Waals surface area contributed by atoms with Gasteiger partial charge in [-0.05, 0) is 68.3 Å². The molecule has 0 saturated carbocycles. The molecule has 0 radical (unpaired) electrons. The first-order valence-electron chi connectivity index (χ1n) is 8.73. The Morgan fingerprint density at radius 3 is 2.16 bits per heavy atom. The van der Waals surface area contributed by atoms with Crippen LogP contribution in [0.15, 0.2) is 48.5 Å². The summed E-state index contributed by atoms with van der Waals surface area (Å²) in [6.07, 6.45) is 1.59. The molecular formula is C20H24N2O3. The Labute approximate surface area is 148 Å². The maximum atomic E-state index is 12.2. The molecule has 0 spiro atoms. The number of hydrogen-bond donors (Lipinski definition) is 2. The molecule has 2 aromatic carbocycles. The minimum atomic E-state index is 0.0513. The van der Waals surface area contributed by atoms with Crippen molar-refractivity contribution in [2.45, 2.75) is 19.8 Å². The predicted octanol–water partition coefficient (Wildman–Crippen LogP) is 4.19. The summed E-state index contributed by atoms with van der Waals surface area (Å²) in [5, 5.41) is 6.32. The lowest BCUT2D eigenvalue weighted by atomic mass is 9.99. The van der Waals surface area contributed by atoms with Crippen molar-refractivity contribution in [2.75, 3.05) is 30.5 Å². The van der Waals surface area contributed by atoms with Crippen LogP contribution in [0, 0.1) is 5.92 Å². The van der Waals surface area contributed by atoms with E-state index >= 15 is 0 Å². The molecule has 1 amide bonds. The van der Waals surface area contributed by atoms with E-state index in [-0.39, 0.29) is 11.8 Å². The number of carbonyl (C=O) groups is 1. The van der Waals surface area contributed by atoms with Crippen LogP contribution in [0.25, 0.3) is 0 Å². The van der Waals surface area contributed by atoms with Gasteiger partial charge in [-0.2, -0.15) is 0 Å². The Hall–Kier alpha value is -2.53. The van der Waals surface area contributed by atoms with Gasteiger partial charge in [0.25, 0.3) is 0 Å². The molecule has 2 N–H and O–H groups in total. The Balaban J connectivity index is 1.55. The van der Waals surface area contributed by atoms with Crippen molar-refractivity contribution in [1.82, 2.24) is 0 Å². The maximum absolute atomic E-state index is 12.2. The van der Waals surface area contributed by atoms with Gasteiger partial charge in [-0.3, -0.25) is 4.79 Å². The minimum absolute atomic E-state index is 0.0513. The highest BCUT2D eigenvalue weighted by Crippen LogP contribution is 2.22. The van der Waals surface area contributed by atoms with Gasteiger partial charge in [-0.15, -0.1) is 0 Å². The Morgan fingerprint density at radius 1 is 1.00 bits per heavy atom. The first kappa shape index (κ1) is 17.3. The topological polar surface area (TPSA) is 59.6 Å². The summed E-state index contributed by atoms with van der Waals surface area (Å²) >= 11 is 0. The number of amides is 1. The van der Waals surface area contributed by atoms with Gasteiger partial charge in [-0.25, -0.2) is 0 Å². The molecular weight excluding hydrogens is 316 g/mol. The first-order valence-corrected chi connectivity index (χ1v) is 8.73. The van der Waals surface area contributed by atoms with Crippen molar-refractivity contribution in [3.63, 3.8) is 0 Å². The SMILES string of the molecule is CCOc1ccc(Nc2ccc(NC(=O)C3CCOCC3)cc2)cc1. The molecule has 1 saturated heterocycles. The normalized spacial score (nSPS) is 14.8. The molecule has 0 aromatic heterocycles. The number of carbonyl (C=O) groups excluding carboxylic acids is 1. The third-order valence-corrected chi connectivity index (χ3v) is 4.20. The second-order valence-electron chi connectivity index (χ2n) is 6.04. The van der Waals surface area contributed by atoms with Crippen molar-refractivity contribution in [2.24, 2.45) is 5.92 Å². The van der Waals surface area contributed by atoms with E-state index in [2.05, 4.69) is 10.6 Å². The summed E-state index contributed by atoms with van der Waals surface area (Å²) in [6, 6.07) is 15.6. The highest BCUT2D eigenvalue weighted by molar-refractivity contribution is 5.92. The predicted molar refractivity (Wildman–Crippen MR) is 99.5 cm³/mol. The van der Waals surface area contributed by atoms with Crippen LogP contribution in [0.4, 0.5) is 17.1 Å². The fraction of sp³-hybridized carbons (Fsp3) is 0.350. The molecule has 132 valence electrons. The molecule has 1 aliphatic rings. The minimum Gasteiger partial charge on any atom is -0.494 e. The van der Waals surface area contributed by atoms with E-state index < -0.39 is 0 Å². The van der Waals surface area contributed by atoms with Gasteiger partial charge in [0.05, 0.1) is 6.61 Å². The molecule has 0 aliphatic carbocycles. The Morgan fingerprint density at radius 2 is 1.56 bits per heavy atom. The van der Waals surface area contributed by atoms with Crippen LogP contribution in [-0.2, 0) is 9.53 Å². The van der Waals surface area contributed by atoms with Gasteiger partial charge in [0, 0.05) is 36.2 Å². The third kappa shape index (κ3) is 4.97. The summed E-state index contributed by atoms with van der Waals surface area (Å²) in [7, 11) is 0. The van der Waals surface area contributed by atoms with E-state index in [1.807, 2.05) is 55.5 Å². The van der Waals surface area contributed by atoms with Crippen molar-refractivity contribution in [1.29, 1.82) is 0 Å². The smallest absolute Gasteiger partial charge is 0.227 e. The van der Waals surface area contributed by atoms with E-state index in [0.29, 0.717) is 19.8 Å². The van der Waals surface area contributed by atoms with Crippen LogP contribution in [0.1, 0.15) is 19.8 Å². The van der Waals surface area contributed by atoms with Crippen LogP contribution in [0.2, 0.25) is 0 Å². The average Bonchev–Trinajstić information content (AvgIpc) is 2.66. The summed E-state index contributed by atoms with van der Waals surface area (Å²) in [5.74, 6) is 0.991. The zero-order valence-corrected chi connectivity index (χ0v) is 14.5. The van der Waals surface area contributed by atoms with Crippen LogP contribution in [-0.4, -0.2) is 25.7 Å². The van der Waals surface area contributed by atoms with E-state index in [9.17, 15) is 4.79 Å². The lowest BCUT2D eigenvalue weighted by Crippen LogP contribution is -2.28. The molecule has 5 heteroatoms. The zero-order valence-electron chi connectivity index (χ0n) is 14.5. The fourth-order valence-electron chi connectivity index (χ4n) is 2.81. The number of nitrogens with one attached hydrogen (secondary N) is 2. The van der Waals surface area contributed by atoms with E-state index in [1.54, 1.807) is 0 Å². The monoisotopic (exact) mass is 340 g/mol. The average molecular weight is 340 g/mol. The van der Waals surface area contributed by atoms with Crippen molar-refractivity contribution < 1.29 is 14.3 Å². The summed E-state index contributed by atoms with van der Waals surface area (Å²) in [6.45, 7) is 3.97. The number of rotatable bonds is 6. The van der Waals surface area contributed by atoms with Gasteiger partial charge in [-0.1, -0.05) is 0 Å². The first-order chi connectivity index (χ1) is 12.2. The third-order valence-electron chi connectivity index (χ3n) is 4.20. The number of benzene rings is 2. The highest BCUT2D eigenvalue weighted by Gasteiger charge is 2.21. The molecule has 25 heavy (non-hydrogen) atoms. The van der Waals surface area contributed by atoms with E-state index in [4.69, 9.17) is 9.47 Å². The number of ether oxygens (including phenoxy) is 2. The standard InChI is InChI=1S/C20H24N2O3/c1-2-25-19-9-7-17(8-10-19)21-16-3-5-18(6-4-16)22-20(23)15-11-13-24-14-12-15/h3-10,15,21H,2,11-14H2,1H3,(H,22,23). The van der Waals surface area contributed by atoms with Gasteiger partial charge in [0.1, 0.15) is 5.75 Å². The summed E-state index contributed by atoms with van der Waals surface area (Å²) in [5.41, 5.74) is 2.77.